The number of benzene rings is 2. The number of hydrogen-bond donors (Lipinski definition) is 3. The van der Waals surface area contributed by atoms with Crippen molar-refractivity contribution in [2.24, 2.45) is 5.92 Å². The molecule has 280 valence electrons. The lowest BCUT2D eigenvalue weighted by molar-refractivity contribution is -0.200. The van der Waals surface area contributed by atoms with Crippen molar-refractivity contribution in [1.82, 2.24) is 21.0 Å². The van der Waals surface area contributed by atoms with Gasteiger partial charge in [0.15, 0.2) is 5.76 Å². The summed E-state index contributed by atoms with van der Waals surface area (Å²) >= 11 is 0. The number of unbranched alkanes of at least 4 members (excludes halogenated alkanes) is 2. The van der Waals surface area contributed by atoms with Crippen LogP contribution in [0.25, 0.3) is 11.3 Å². The van der Waals surface area contributed by atoms with Gasteiger partial charge >= 0.3 is 5.97 Å². The van der Waals surface area contributed by atoms with Crippen LogP contribution >= 0.6 is 0 Å². The summed E-state index contributed by atoms with van der Waals surface area (Å²) in [5, 5.41) is 9.21. The third kappa shape index (κ3) is 12.2. The Bertz CT molecular complexity index is 1620. The predicted octanol–water partition coefficient (Wildman–Crippen LogP) is 5.13. The van der Waals surface area contributed by atoms with Crippen LogP contribution in [-0.2, 0) is 41.8 Å². The van der Waals surface area contributed by atoms with E-state index in [1.165, 1.54) is 18.2 Å². The number of furan rings is 1. The number of carbonyl (C=O) groups excluding carboxylic acids is 6. The third-order valence-corrected chi connectivity index (χ3v) is 8.53. The predicted molar refractivity (Wildman–Crippen MR) is 193 cm³/mol. The summed E-state index contributed by atoms with van der Waals surface area (Å²) in [6.07, 6.45) is 6.02. The highest BCUT2D eigenvalue weighted by atomic mass is 16.7. The number of rotatable bonds is 23. The van der Waals surface area contributed by atoms with E-state index >= 15 is 0 Å². The molecule has 0 bridgehead atoms. The number of hydrogen-bond acceptors (Lipinski definition) is 9. The number of esters is 1. The first-order chi connectivity index (χ1) is 25.2. The Labute approximate surface area is 304 Å². The summed E-state index contributed by atoms with van der Waals surface area (Å²) in [7, 11) is 1.17. The number of aldehydes is 1. The minimum Gasteiger partial charge on any atom is -0.467 e. The van der Waals surface area contributed by atoms with E-state index in [2.05, 4.69) is 22.9 Å². The van der Waals surface area contributed by atoms with Gasteiger partial charge in [-0.2, -0.15) is 0 Å². The molecule has 3 aromatic rings. The Morgan fingerprint density at radius 2 is 1.65 bits per heavy atom. The van der Waals surface area contributed by atoms with Crippen LogP contribution in [-0.4, -0.2) is 67.3 Å². The van der Waals surface area contributed by atoms with E-state index < -0.39 is 35.8 Å². The molecule has 1 heterocycles. The molecule has 13 heteroatoms. The van der Waals surface area contributed by atoms with Crippen molar-refractivity contribution in [2.45, 2.75) is 90.8 Å². The highest BCUT2D eigenvalue weighted by molar-refractivity contribution is 5.98. The second-order valence-corrected chi connectivity index (χ2v) is 12.3. The first kappa shape index (κ1) is 41.1. The summed E-state index contributed by atoms with van der Waals surface area (Å²) in [4.78, 5) is 80.8. The number of ether oxygens (including phenoxy) is 1. The van der Waals surface area contributed by atoms with Crippen molar-refractivity contribution in [3.8, 4) is 11.3 Å². The summed E-state index contributed by atoms with van der Waals surface area (Å²) in [6.45, 7) is 5.95. The monoisotopic (exact) mass is 718 g/mol. The van der Waals surface area contributed by atoms with Gasteiger partial charge in [-0.3, -0.25) is 24.0 Å². The Hall–Kier alpha value is -5.30. The lowest BCUT2D eigenvalue weighted by Crippen LogP contribution is -2.48. The van der Waals surface area contributed by atoms with Gasteiger partial charge < -0.3 is 29.9 Å². The maximum absolute atomic E-state index is 13.5. The van der Waals surface area contributed by atoms with E-state index in [9.17, 15) is 28.8 Å². The van der Waals surface area contributed by atoms with Crippen molar-refractivity contribution in [3.05, 3.63) is 83.1 Å². The number of nitrogens with one attached hydrogen (secondary N) is 3. The number of methoxy groups -OCH3 is 1. The third-order valence-electron chi connectivity index (χ3n) is 8.53. The molecule has 0 saturated heterocycles. The van der Waals surface area contributed by atoms with Gasteiger partial charge in [0, 0.05) is 17.5 Å². The molecule has 0 fully saturated rings. The molecule has 0 saturated carbocycles. The van der Waals surface area contributed by atoms with Crippen LogP contribution in [0.2, 0.25) is 0 Å². The molecule has 0 aliphatic heterocycles. The largest absolute Gasteiger partial charge is 0.467 e. The molecule has 0 radical (unpaired) electrons. The Balaban J connectivity index is 1.69. The molecular weight excluding hydrogens is 668 g/mol. The fourth-order valence-corrected chi connectivity index (χ4v) is 5.82. The smallest absolute Gasteiger partial charge is 0.328 e. The van der Waals surface area contributed by atoms with Gasteiger partial charge in [0.1, 0.15) is 24.7 Å². The highest BCUT2D eigenvalue weighted by Crippen LogP contribution is 2.26. The summed E-state index contributed by atoms with van der Waals surface area (Å²) in [6, 6.07) is 16.0. The van der Waals surface area contributed by atoms with Crippen LogP contribution < -0.4 is 16.0 Å². The molecule has 2 aromatic carbocycles. The van der Waals surface area contributed by atoms with E-state index in [-0.39, 0.29) is 36.9 Å². The molecule has 1 aromatic heterocycles. The molecule has 2 unspecified atom stereocenters. The number of nitrogens with zero attached hydrogens (tertiary/aromatic N) is 1. The maximum atomic E-state index is 13.5. The molecule has 4 amide bonds. The summed E-state index contributed by atoms with van der Waals surface area (Å²) < 4.78 is 10.6. The topological polar surface area (TPSA) is 173 Å². The van der Waals surface area contributed by atoms with Crippen LogP contribution in [0, 0.1) is 5.92 Å². The van der Waals surface area contributed by atoms with Crippen LogP contribution in [0.3, 0.4) is 0 Å². The van der Waals surface area contributed by atoms with E-state index in [0.717, 1.165) is 36.8 Å². The minimum atomic E-state index is -1.14. The van der Waals surface area contributed by atoms with Crippen molar-refractivity contribution >= 4 is 36.4 Å². The standard InChI is InChI=1S/C39H50N4O9/c1-5-8-10-16-31(33(7-3)43(26-45)51-24-27-14-11-9-12-15-27)37(47)40-25-41-38(48)35-18-17-34(52-35)29-21-28(13-6-2)22-30(23-29)36(46)42-32(19-20-44)39(49)50-4/h9,11-12,14-15,17-18,20-23,26,31-33H,5-8,10,13,16,19,24-25H2,1-4H3,(H,40,47)(H,41,48)(H,42,46)/t31?,32-,33?/m1/s1. The van der Waals surface area contributed by atoms with Gasteiger partial charge in [-0.05, 0) is 60.7 Å². The lowest BCUT2D eigenvalue weighted by Gasteiger charge is -2.32. The average molecular weight is 719 g/mol. The van der Waals surface area contributed by atoms with Crippen molar-refractivity contribution in [3.63, 3.8) is 0 Å². The zero-order valence-corrected chi connectivity index (χ0v) is 30.4. The van der Waals surface area contributed by atoms with Crippen LogP contribution in [0.15, 0.2) is 65.1 Å². The second-order valence-electron chi connectivity index (χ2n) is 12.3. The van der Waals surface area contributed by atoms with Crippen LogP contribution in [0.5, 0.6) is 0 Å². The van der Waals surface area contributed by atoms with E-state index in [1.807, 2.05) is 50.2 Å². The Morgan fingerprint density at radius 1 is 0.885 bits per heavy atom. The normalized spacial score (nSPS) is 12.5. The number of hydroxylamine groups is 2. The van der Waals surface area contributed by atoms with Gasteiger partial charge in [0.2, 0.25) is 12.3 Å². The number of amides is 4. The van der Waals surface area contributed by atoms with Gasteiger partial charge in [-0.15, -0.1) is 0 Å². The zero-order chi connectivity index (χ0) is 37.9. The Morgan fingerprint density at radius 3 is 2.31 bits per heavy atom. The fourth-order valence-electron chi connectivity index (χ4n) is 5.82. The van der Waals surface area contributed by atoms with E-state index in [1.54, 1.807) is 18.2 Å². The summed E-state index contributed by atoms with van der Waals surface area (Å²) in [5.41, 5.74) is 2.49. The zero-order valence-electron chi connectivity index (χ0n) is 30.4. The number of carbonyl (C=O) groups is 6. The minimum absolute atomic E-state index is 0.0137. The SMILES string of the molecule is CCCCCC(C(=O)NCNC(=O)c1ccc(-c2cc(CCC)cc(C(=O)N[C@H](CC=O)C(=O)OC)c2)o1)C(CC)N(C=O)OCc1ccccc1. The summed E-state index contributed by atoms with van der Waals surface area (Å²) in [5.74, 6) is -2.47. The van der Waals surface area contributed by atoms with E-state index in [0.29, 0.717) is 43.3 Å². The molecule has 3 N–H and O–H groups in total. The van der Waals surface area contributed by atoms with Gasteiger partial charge in [0.05, 0.1) is 25.7 Å². The number of aryl methyl sites for hydroxylation is 1. The lowest BCUT2D eigenvalue weighted by atomic mass is 9.90. The molecule has 13 nitrogen and oxygen atoms in total. The van der Waals surface area contributed by atoms with Crippen molar-refractivity contribution in [1.29, 1.82) is 0 Å². The molecule has 52 heavy (non-hydrogen) atoms. The molecule has 3 atom stereocenters. The highest BCUT2D eigenvalue weighted by Gasteiger charge is 2.32. The van der Waals surface area contributed by atoms with Crippen LogP contribution in [0.1, 0.15) is 97.8 Å². The molecule has 3 rings (SSSR count). The fraction of sp³-hybridized carbons (Fsp3) is 0.436. The van der Waals surface area contributed by atoms with Crippen molar-refractivity contribution < 1.29 is 42.8 Å². The van der Waals surface area contributed by atoms with Gasteiger partial charge in [-0.25, -0.2) is 9.86 Å². The van der Waals surface area contributed by atoms with Crippen LogP contribution in [0.4, 0.5) is 0 Å². The average Bonchev–Trinajstić information content (AvgIpc) is 3.66. The molecule has 0 aliphatic carbocycles. The van der Waals surface area contributed by atoms with Gasteiger partial charge in [-0.1, -0.05) is 76.8 Å². The molecule has 0 spiro atoms. The van der Waals surface area contributed by atoms with Gasteiger partial charge in [0.25, 0.3) is 11.8 Å². The Kier molecular flexibility index (Phi) is 17.3. The molecular formula is C39H50N4O9. The first-order valence-electron chi connectivity index (χ1n) is 17.7. The first-order valence-corrected chi connectivity index (χ1v) is 17.7. The molecule has 0 aliphatic rings. The van der Waals surface area contributed by atoms with E-state index in [4.69, 9.17) is 14.0 Å². The quantitative estimate of drug-likeness (QED) is 0.0395. The maximum Gasteiger partial charge on any atom is 0.328 e. The van der Waals surface area contributed by atoms with Crippen molar-refractivity contribution in [2.75, 3.05) is 13.8 Å². The second kappa shape index (κ2) is 21.8.